The van der Waals surface area contributed by atoms with Gasteiger partial charge in [0.25, 0.3) is 5.91 Å². The number of amides is 1. The van der Waals surface area contributed by atoms with E-state index in [0.29, 0.717) is 10.7 Å². The van der Waals surface area contributed by atoms with E-state index in [1.54, 1.807) is 23.1 Å². The van der Waals surface area contributed by atoms with Crippen LogP contribution in [-0.4, -0.2) is 25.5 Å². The van der Waals surface area contributed by atoms with Crippen molar-refractivity contribution in [2.75, 3.05) is 5.32 Å². The van der Waals surface area contributed by atoms with Crippen molar-refractivity contribution < 1.29 is 4.79 Å². The fourth-order valence-electron chi connectivity index (χ4n) is 2.54. The fraction of sp³-hybridized carbons (Fsp3) is 0.111. The summed E-state index contributed by atoms with van der Waals surface area (Å²) >= 11 is 1.40. The largest absolute Gasteiger partial charge is 0.317 e. The molecule has 1 N–H and O–H groups in total. The summed E-state index contributed by atoms with van der Waals surface area (Å²) in [7, 11) is 0. The third-order valence-electron chi connectivity index (χ3n) is 3.66. The topological polar surface area (TPSA) is 72.2 Å². The molecule has 0 radical (unpaired) electrons. The van der Waals surface area contributed by atoms with Crippen molar-refractivity contribution in [3.05, 3.63) is 76.1 Å². The Kier molecular flexibility index (Phi) is 3.99. The molecule has 0 saturated carbocycles. The Morgan fingerprint density at radius 2 is 2.04 bits per heavy atom. The van der Waals surface area contributed by atoms with Crippen LogP contribution in [0.5, 0.6) is 0 Å². The average Bonchev–Trinajstić information content (AvgIpc) is 3.21. The van der Waals surface area contributed by atoms with Gasteiger partial charge in [-0.15, -0.1) is 11.3 Å². The van der Waals surface area contributed by atoms with Gasteiger partial charge in [-0.3, -0.25) is 4.79 Å². The van der Waals surface area contributed by atoms with Gasteiger partial charge >= 0.3 is 0 Å². The number of aromatic nitrogens is 4. The minimum absolute atomic E-state index is 0.241. The lowest BCUT2D eigenvalue weighted by Crippen LogP contribution is -2.12. The molecule has 4 aromatic rings. The molecule has 0 aliphatic heterocycles. The molecule has 25 heavy (non-hydrogen) atoms. The highest BCUT2D eigenvalue weighted by Gasteiger charge is 2.12. The highest BCUT2D eigenvalue weighted by molar-refractivity contribution is 7.13. The first-order valence-corrected chi connectivity index (χ1v) is 8.61. The second-order valence-electron chi connectivity index (χ2n) is 5.68. The maximum Gasteiger partial charge on any atom is 0.284 e. The number of carbonyl (C=O) groups is 1. The molecule has 6 nitrogen and oxygen atoms in total. The lowest BCUT2D eigenvalue weighted by molar-refractivity contribution is 0.102. The maximum atomic E-state index is 12.4. The quantitative estimate of drug-likeness (QED) is 0.613. The molecule has 0 saturated heterocycles. The first-order chi connectivity index (χ1) is 12.2. The second kappa shape index (κ2) is 6.45. The van der Waals surface area contributed by atoms with Crippen molar-refractivity contribution in [2.45, 2.75) is 13.3 Å². The number of thiazole rings is 1. The Balaban J connectivity index is 1.48. The van der Waals surface area contributed by atoms with Crippen LogP contribution in [0.2, 0.25) is 0 Å². The van der Waals surface area contributed by atoms with Gasteiger partial charge < -0.3 is 5.32 Å². The van der Waals surface area contributed by atoms with E-state index < -0.39 is 0 Å². The van der Waals surface area contributed by atoms with E-state index in [1.165, 1.54) is 16.9 Å². The van der Waals surface area contributed by atoms with Crippen molar-refractivity contribution in [1.29, 1.82) is 0 Å². The first-order valence-electron chi connectivity index (χ1n) is 7.79. The van der Waals surface area contributed by atoms with Crippen molar-refractivity contribution >= 4 is 28.6 Å². The molecule has 0 unspecified atom stereocenters. The van der Waals surface area contributed by atoms with Gasteiger partial charge in [0.2, 0.25) is 0 Å². The molecular formula is C18H15N5OS. The van der Waals surface area contributed by atoms with Crippen molar-refractivity contribution in [1.82, 2.24) is 19.6 Å². The third kappa shape index (κ3) is 3.41. The number of hydrogen-bond donors (Lipinski definition) is 1. The molecule has 3 aromatic heterocycles. The fourth-order valence-corrected chi connectivity index (χ4v) is 3.38. The summed E-state index contributed by atoms with van der Waals surface area (Å²) in [4.78, 5) is 22.0. The van der Waals surface area contributed by atoms with E-state index in [1.807, 2.05) is 31.2 Å². The summed E-state index contributed by atoms with van der Waals surface area (Å²) in [5.74, 6) is -0.241. The number of aryl methyl sites for hydroxylation is 1. The minimum atomic E-state index is -0.241. The van der Waals surface area contributed by atoms with Crippen LogP contribution in [0, 0.1) is 6.92 Å². The number of nitrogens with one attached hydrogen (secondary N) is 1. The van der Waals surface area contributed by atoms with Gasteiger partial charge in [0, 0.05) is 23.6 Å². The van der Waals surface area contributed by atoms with Gasteiger partial charge in [0.15, 0.2) is 10.7 Å². The van der Waals surface area contributed by atoms with Crippen molar-refractivity contribution in [3.63, 3.8) is 0 Å². The van der Waals surface area contributed by atoms with E-state index >= 15 is 0 Å². The zero-order valence-electron chi connectivity index (χ0n) is 13.5. The lowest BCUT2D eigenvalue weighted by atomic mass is 10.1. The SMILES string of the molecule is Cc1cc2ncc(NC(=O)c3ncc(Cc4ccccc4)s3)cn2n1. The van der Waals surface area contributed by atoms with Gasteiger partial charge in [-0.2, -0.15) is 5.10 Å². The normalized spacial score (nSPS) is 10.9. The Morgan fingerprint density at radius 3 is 2.88 bits per heavy atom. The molecule has 7 heteroatoms. The highest BCUT2D eigenvalue weighted by atomic mass is 32.1. The van der Waals surface area contributed by atoms with Crippen LogP contribution in [-0.2, 0) is 6.42 Å². The number of fused-ring (bicyclic) bond motifs is 1. The molecule has 0 aliphatic rings. The molecule has 1 amide bonds. The van der Waals surface area contributed by atoms with E-state index in [2.05, 4.69) is 32.5 Å². The average molecular weight is 349 g/mol. The highest BCUT2D eigenvalue weighted by Crippen LogP contribution is 2.18. The molecule has 4 rings (SSSR count). The molecule has 0 atom stereocenters. The van der Waals surface area contributed by atoms with Gasteiger partial charge in [0.05, 0.1) is 23.8 Å². The number of nitrogens with zero attached hydrogens (tertiary/aromatic N) is 4. The molecular weight excluding hydrogens is 334 g/mol. The predicted octanol–water partition coefficient (Wildman–Crippen LogP) is 3.34. The van der Waals surface area contributed by atoms with Crippen LogP contribution in [0.3, 0.4) is 0 Å². The smallest absolute Gasteiger partial charge is 0.284 e. The molecule has 0 aliphatic carbocycles. The molecule has 3 heterocycles. The molecule has 124 valence electrons. The predicted molar refractivity (Wildman–Crippen MR) is 97.0 cm³/mol. The van der Waals surface area contributed by atoms with Crippen LogP contribution in [0.15, 0.2) is 55.0 Å². The Morgan fingerprint density at radius 1 is 1.20 bits per heavy atom. The summed E-state index contributed by atoms with van der Waals surface area (Å²) in [6.45, 7) is 1.90. The lowest BCUT2D eigenvalue weighted by Gasteiger charge is -2.02. The summed E-state index contributed by atoms with van der Waals surface area (Å²) in [5, 5.41) is 7.55. The number of hydrogen-bond acceptors (Lipinski definition) is 5. The van der Waals surface area contributed by atoms with Crippen molar-refractivity contribution in [2.24, 2.45) is 0 Å². The van der Waals surface area contributed by atoms with Gasteiger partial charge in [-0.25, -0.2) is 14.5 Å². The van der Waals surface area contributed by atoms with Crippen LogP contribution in [0.1, 0.15) is 25.9 Å². The first kappa shape index (κ1) is 15.5. The van der Waals surface area contributed by atoms with Gasteiger partial charge in [-0.1, -0.05) is 30.3 Å². The Bertz CT molecular complexity index is 1040. The van der Waals surface area contributed by atoms with E-state index in [9.17, 15) is 4.79 Å². The number of carbonyl (C=O) groups excluding carboxylic acids is 1. The van der Waals surface area contributed by atoms with Crippen LogP contribution in [0.4, 0.5) is 5.69 Å². The number of anilines is 1. The zero-order chi connectivity index (χ0) is 17.2. The van der Waals surface area contributed by atoms with Crippen LogP contribution >= 0.6 is 11.3 Å². The Hall–Kier alpha value is -3.06. The molecule has 1 aromatic carbocycles. The molecule has 0 fully saturated rings. The standard InChI is InChI=1S/C18H15N5OS/c1-12-7-16-19-9-14(11-23(16)22-12)21-17(24)18-20-10-15(25-18)8-13-5-3-2-4-6-13/h2-7,9-11H,8H2,1H3,(H,21,24). The summed E-state index contributed by atoms with van der Waals surface area (Å²) < 4.78 is 1.65. The Labute approximate surface area is 148 Å². The third-order valence-corrected chi connectivity index (χ3v) is 4.66. The van der Waals surface area contributed by atoms with E-state index in [-0.39, 0.29) is 5.91 Å². The van der Waals surface area contributed by atoms with Crippen LogP contribution in [0.25, 0.3) is 5.65 Å². The second-order valence-corrected chi connectivity index (χ2v) is 6.79. The number of benzene rings is 1. The van der Waals surface area contributed by atoms with Crippen molar-refractivity contribution in [3.8, 4) is 0 Å². The van der Waals surface area contributed by atoms with E-state index in [4.69, 9.17) is 0 Å². The summed E-state index contributed by atoms with van der Waals surface area (Å²) in [6.07, 6.45) is 5.88. The molecule has 0 spiro atoms. The maximum absolute atomic E-state index is 12.4. The zero-order valence-corrected chi connectivity index (χ0v) is 14.3. The number of rotatable bonds is 4. The molecule has 0 bridgehead atoms. The summed E-state index contributed by atoms with van der Waals surface area (Å²) in [5.41, 5.74) is 3.40. The van der Waals surface area contributed by atoms with E-state index in [0.717, 1.165) is 22.6 Å². The van der Waals surface area contributed by atoms with Gasteiger partial charge in [0.1, 0.15) is 0 Å². The monoisotopic (exact) mass is 349 g/mol. The minimum Gasteiger partial charge on any atom is -0.317 e. The van der Waals surface area contributed by atoms with Crippen LogP contribution < -0.4 is 5.32 Å². The summed E-state index contributed by atoms with van der Waals surface area (Å²) in [6, 6.07) is 12.0. The van der Waals surface area contributed by atoms with Gasteiger partial charge in [-0.05, 0) is 12.5 Å².